The third-order valence-electron chi connectivity index (χ3n) is 3.95. The van der Waals surface area contributed by atoms with Gasteiger partial charge in [0.1, 0.15) is 5.60 Å². The molecular formula is C16H28N4O2. The van der Waals surface area contributed by atoms with E-state index in [1.807, 2.05) is 33.2 Å². The van der Waals surface area contributed by atoms with Gasteiger partial charge in [0.15, 0.2) is 0 Å². The number of nitrogens with one attached hydrogen (secondary N) is 3. The van der Waals surface area contributed by atoms with Crippen molar-refractivity contribution >= 4 is 6.09 Å². The van der Waals surface area contributed by atoms with Gasteiger partial charge in [0.25, 0.3) is 0 Å². The lowest BCUT2D eigenvalue weighted by Crippen LogP contribution is -2.44. The lowest BCUT2D eigenvalue weighted by molar-refractivity contribution is 0.0489. The zero-order valence-corrected chi connectivity index (χ0v) is 14.0. The van der Waals surface area contributed by atoms with Crippen LogP contribution >= 0.6 is 0 Å². The van der Waals surface area contributed by atoms with E-state index in [4.69, 9.17) is 4.74 Å². The van der Waals surface area contributed by atoms with E-state index in [2.05, 4.69) is 27.8 Å². The van der Waals surface area contributed by atoms with Crippen LogP contribution in [0.15, 0.2) is 12.4 Å². The summed E-state index contributed by atoms with van der Waals surface area (Å²) in [5, 5.41) is 13.4. The second kappa shape index (κ2) is 7.13. The molecule has 0 bridgehead atoms. The Bertz CT molecular complexity index is 459. The van der Waals surface area contributed by atoms with Crippen molar-refractivity contribution in [2.75, 3.05) is 0 Å². The second-order valence-corrected chi connectivity index (χ2v) is 7.11. The minimum atomic E-state index is -0.442. The molecule has 6 nitrogen and oxygen atoms in total. The van der Waals surface area contributed by atoms with E-state index in [-0.39, 0.29) is 12.1 Å². The summed E-state index contributed by atoms with van der Waals surface area (Å²) in [6, 6.07) is 0.998. The molecule has 1 amide bonds. The van der Waals surface area contributed by atoms with E-state index < -0.39 is 5.60 Å². The summed E-state index contributed by atoms with van der Waals surface area (Å²) < 4.78 is 5.30. The molecule has 6 heteroatoms. The standard InChI is InChI=1S/C16H28N4O2/c1-11(12-9-17-18-10-12)19-13-5-7-14(8-6-13)20-15(21)22-16(2,3)4/h9-11,13-14,19H,5-8H2,1-4H3,(H,17,18)(H,20,21). The van der Waals surface area contributed by atoms with Crippen molar-refractivity contribution < 1.29 is 9.53 Å². The normalized spacial score (nSPS) is 23.8. The molecule has 0 radical (unpaired) electrons. The number of carbonyl (C=O) groups is 1. The van der Waals surface area contributed by atoms with Gasteiger partial charge in [0.05, 0.1) is 6.20 Å². The van der Waals surface area contributed by atoms with Gasteiger partial charge in [-0.2, -0.15) is 5.10 Å². The van der Waals surface area contributed by atoms with Gasteiger partial charge in [0.2, 0.25) is 0 Å². The number of amides is 1. The number of aromatic nitrogens is 2. The summed E-state index contributed by atoms with van der Waals surface area (Å²) in [6.45, 7) is 7.79. The van der Waals surface area contributed by atoms with Crippen LogP contribution in [0, 0.1) is 0 Å². The van der Waals surface area contributed by atoms with Gasteiger partial charge in [0, 0.05) is 29.9 Å². The van der Waals surface area contributed by atoms with Crippen molar-refractivity contribution in [3.05, 3.63) is 18.0 Å². The molecule has 1 aromatic heterocycles. The number of rotatable bonds is 4. The Morgan fingerprint density at radius 2 is 1.95 bits per heavy atom. The number of alkyl carbamates (subject to hydrolysis) is 1. The van der Waals surface area contributed by atoms with Gasteiger partial charge in [-0.15, -0.1) is 0 Å². The number of hydrogen-bond acceptors (Lipinski definition) is 4. The van der Waals surface area contributed by atoms with E-state index in [0.717, 1.165) is 25.7 Å². The van der Waals surface area contributed by atoms with Crippen molar-refractivity contribution in [2.45, 2.75) is 77.1 Å². The van der Waals surface area contributed by atoms with E-state index in [0.29, 0.717) is 12.1 Å². The lowest BCUT2D eigenvalue weighted by atomic mass is 9.90. The topological polar surface area (TPSA) is 79.0 Å². The largest absolute Gasteiger partial charge is 0.444 e. The number of aromatic amines is 1. The number of hydrogen-bond donors (Lipinski definition) is 3. The zero-order chi connectivity index (χ0) is 16.2. The summed E-state index contributed by atoms with van der Waals surface area (Å²) in [5.74, 6) is 0. The molecule has 1 fully saturated rings. The molecule has 124 valence electrons. The number of ether oxygens (including phenoxy) is 1. The molecule has 0 aliphatic heterocycles. The van der Waals surface area contributed by atoms with E-state index in [9.17, 15) is 4.79 Å². The van der Waals surface area contributed by atoms with Crippen molar-refractivity contribution in [2.24, 2.45) is 0 Å². The Labute approximate surface area is 132 Å². The van der Waals surface area contributed by atoms with Gasteiger partial charge in [-0.05, 0) is 53.4 Å². The first-order chi connectivity index (χ1) is 10.3. The highest BCUT2D eigenvalue weighted by atomic mass is 16.6. The van der Waals surface area contributed by atoms with Crippen LogP contribution < -0.4 is 10.6 Å². The number of nitrogens with zero attached hydrogens (tertiary/aromatic N) is 1. The van der Waals surface area contributed by atoms with Crippen molar-refractivity contribution in [1.29, 1.82) is 0 Å². The van der Waals surface area contributed by atoms with Crippen LogP contribution in [0.4, 0.5) is 4.79 Å². The molecule has 1 unspecified atom stereocenters. The fourth-order valence-electron chi connectivity index (χ4n) is 2.83. The Hall–Kier alpha value is -1.56. The van der Waals surface area contributed by atoms with E-state index in [1.54, 1.807) is 0 Å². The Morgan fingerprint density at radius 1 is 1.32 bits per heavy atom. The quantitative estimate of drug-likeness (QED) is 0.799. The highest BCUT2D eigenvalue weighted by molar-refractivity contribution is 5.68. The third-order valence-corrected chi connectivity index (χ3v) is 3.95. The first kappa shape index (κ1) is 16.8. The highest BCUT2D eigenvalue weighted by Crippen LogP contribution is 2.22. The SMILES string of the molecule is CC(NC1CCC(NC(=O)OC(C)(C)C)CC1)c1cn[nH]c1. The molecule has 0 spiro atoms. The monoisotopic (exact) mass is 308 g/mol. The summed E-state index contributed by atoms with van der Waals surface area (Å²) in [5.41, 5.74) is 0.733. The molecule has 2 rings (SSSR count). The zero-order valence-electron chi connectivity index (χ0n) is 14.0. The summed E-state index contributed by atoms with van der Waals surface area (Å²) in [4.78, 5) is 11.8. The average Bonchev–Trinajstić information content (AvgIpc) is 2.92. The van der Waals surface area contributed by atoms with E-state index >= 15 is 0 Å². The number of H-pyrrole nitrogens is 1. The molecule has 0 aromatic carbocycles. The van der Waals surface area contributed by atoms with Crippen molar-refractivity contribution in [3.8, 4) is 0 Å². The highest BCUT2D eigenvalue weighted by Gasteiger charge is 2.25. The first-order valence-electron chi connectivity index (χ1n) is 8.08. The second-order valence-electron chi connectivity index (χ2n) is 7.11. The van der Waals surface area contributed by atoms with Gasteiger partial charge in [-0.1, -0.05) is 0 Å². The smallest absolute Gasteiger partial charge is 0.407 e. The molecule has 1 heterocycles. The molecule has 1 saturated carbocycles. The molecule has 1 aromatic rings. The summed E-state index contributed by atoms with van der Waals surface area (Å²) in [7, 11) is 0. The summed E-state index contributed by atoms with van der Waals surface area (Å²) in [6.07, 6.45) is 7.55. The molecule has 0 saturated heterocycles. The van der Waals surface area contributed by atoms with Crippen molar-refractivity contribution in [1.82, 2.24) is 20.8 Å². The Morgan fingerprint density at radius 3 is 2.50 bits per heavy atom. The van der Waals surface area contributed by atoms with Crippen molar-refractivity contribution in [3.63, 3.8) is 0 Å². The van der Waals surface area contributed by atoms with Gasteiger partial charge in [-0.25, -0.2) is 4.79 Å². The maximum atomic E-state index is 11.8. The Kier molecular flexibility index (Phi) is 5.45. The van der Waals surface area contributed by atoms with Crippen LogP contribution in [-0.4, -0.2) is 34.0 Å². The van der Waals surface area contributed by atoms with E-state index in [1.165, 1.54) is 5.56 Å². The Balaban J connectivity index is 1.70. The third kappa shape index (κ3) is 5.33. The fraction of sp³-hybridized carbons (Fsp3) is 0.750. The molecule has 3 N–H and O–H groups in total. The van der Waals surface area contributed by atoms with Crippen LogP contribution in [0.1, 0.15) is 65.0 Å². The molecular weight excluding hydrogens is 280 g/mol. The van der Waals surface area contributed by atoms with Crippen LogP contribution in [0.2, 0.25) is 0 Å². The predicted molar refractivity (Wildman–Crippen MR) is 85.6 cm³/mol. The first-order valence-corrected chi connectivity index (χ1v) is 8.08. The van der Waals surface area contributed by atoms with Crippen LogP contribution in [-0.2, 0) is 4.74 Å². The maximum absolute atomic E-state index is 11.8. The molecule has 1 aliphatic carbocycles. The predicted octanol–water partition coefficient (Wildman–Crippen LogP) is 2.90. The van der Waals surface area contributed by atoms with Gasteiger partial charge >= 0.3 is 6.09 Å². The van der Waals surface area contributed by atoms with Crippen LogP contribution in [0.25, 0.3) is 0 Å². The van der Waals surface area contributed by atoms with Gasteiger partial charge in [-0.3, -0.25) is 5.10 Å². The fourth-order valence-corrected chi connectivity index (χ4v) is 2.83. The van der Waals surface area contributed by atoms with Crippen LogP contribution in [0.5, 0.6) is 0 Å². The number of carbonyl (C=O) groups excluding carboxylic acids is 1. The maximum Gasteiger partial charge on any atom is 0.407 e. The minimum absolute atomic E-state index is 0.220. The molecule has 1 aliphatic rings. The summed E-state index contributed by atoms with van der Waals surface area (Å²) >= 11 is 0. The van der Waals surface area contributed by atoms with Gasteiger partial charge < -0.3 is 15.4 Å². The average molecular weight is 308 g/mol. The molecule has 1 atom stereocenters. The van der Waals surface area contributed by atoms with Crippen LogP contribution in [0.3, 0.4) is 0 Å². The lowest BCUT2D eigenvalue weighted by Gasteiger charge is -2.32. The minimum Gasteiger partial charge on any atom is -0.444 e. The molecule has 22 heavy (non-hydrogen) atoms.